The minimum absolute atomic E-state index is 0.116. The fourth-order valence-electron chi connectivity index (χ4n) is 6.19. The van der Waals surface area contributed by atoms with Gasteiger partial charge in [-0.15, -0.1) is 0 Å². The summed E-state index contributed by atoms with van der Waals surface area (Å²) in [4.78, 5) is 134. The summed E-state index contributed by atoms with van der Waals surface area (Å²) < 4.78 is 11.5. The lowest BCUT2D eigenvalue weighted by Gasteiger charge is -2.32. The molecule has 1 aromatic carbocycles. The maximum Gasteiger partial charge on any atom is 0.329 e. The average molecular weight is 856 g/mol. The Labute approximate surface area is 339 Å². The molecule has 13 N–H and O–H groups in total. The Balaban J connectivity index is 2.43. The third kappa shape index (κ3) is 17.1. The number of carboxylic acids is 3. The van der Waals surface area contributed by atoms with E-state index in [9.17, 15) is 72.8 Å². The molecule has 59 heavy (non-hydrogen) atoms. The number of nitrogens with zero attached hydrogens (tertiary/aromatic N) is 1. The van der Waals surface area contributed by atoms with Crippen molar-refractivity contribution in [2.75, 3.05) is 6.54 Å². The number of carbonyl (C=O) groups is 9. The number of primary amides is 1. The van der Waals surface area contributed by atoms with Gasteiger partial charge in [-0.1, -0.05) is 44.5 Å². The fraction of sp³-hybridized carbons (Fsp3) is 0.583. The summed E-state index contributed by atoms with van der Waals surface area (Å²) in [6.45, 7) is 3.47. The van der Waals surface area contributed by atoms with E-state index in [1.54, 1.807) is 13.8 Å². The number of hydrogen-bond acceptors (Lipinski definition) is 11. The molecule has 0 aliphatic carbocycles. The molecular formula is C36H54N7O15P. The number of hydrogen-bond donors (Lipinski definition) is 11. The van der Waals surface area contributed by atoms with Crippen molar-refractivity contribution >= 4 is 60.9 Å². The Morgan fingerprint density at radius 2 is 1.25 bits per heavy atom. The first kappa shape index (κ1) is 49.7. The third-order valence-corrected chi connectivity index (χ3v) is 10.5. The van der Waals surface area contributed by atoms with Crippen molar-refractivity contribution in [1.82, 2.24) is 26.2 Å². The second-order valence-corrected chi connectivity index (χ2v) is 16.0. The van der Waals surface area contributed by atoms with Crippen molar-refractivity contribution in [1.29, 1.82) is 0 Å². The van der Waals surface area contributed by atoms with Crippen LogP contribution in [0.1, 0.15) is 82.8 Å². The molecule has 6 amide bonds. The van der Waals surface area contributed by atoms with Crippen LogP contribution in [0, 0.1) is 5.92 Å². The van der Waals surface area contributed by atoms with Crippen LogP contribution < -0.4 is 32.7 Å². The van der Waals surface area contributed by atoms with Crippen molar-refractivity contribution in [2.24, 2.45) is 17.4 Å². The Bertz CT molecular complexity index is 1760. The molecule has 0 aromatic heterocycles. The topological polar surface area (TPSA) is 375 Å². The van der Waals surface area contributed by atoms with Crippen LogP contribution in [-0.2, 0) is 60.3 Å². The summed E-state index contributed by atoms with van der Waals surface area (Å²) in [7, 11) is -4.42. The summed E-state index contributed by atoms with van der Waals surface area (Å²) in [5.74, 6) is -10.0. The van der Waals surface area contributed by atoms with Crippen molar-refractivity contribution in [3.8, 4) is 0 Å². The zero-order valence-electron chi connectivity index (χ0n) is 32.7. The van der Waals surface area contributed by atoms with Crippen LogP contribution in [0.5, 0.6) is 0 Å². The van der Waals surface area contributed by atoms with Gasteiger partial charge in [-0.3, -0.25) is 42.9 Å². The van der Waals surface area contributed by atoms with Gasteiger partial charge in [0.15, 0.2) is 0 Å². The SMILES string of the molecule is CC[C@H](C)[C@H](NC(=O)[C@H](CCC(=O)O)NC(=O)[C@H](CCC(=O)O)NC(=O)[C@H](Cc1ccc(CP(=O)(O)O)cc1)NC(=O)[C@@H](N)CCC(N)=O)C(=O)N1CCC[C@H]1C(=O)O. The van der Waals surface area contributed by atoms with E-state index in [1.165, 1.54) is 24.3 Å². The molecule has 0 unspecified atom stereocenters. The highest BCUT2D eigenvalue weighted by atomic mass is 31.2. The Kier molecular flexibility index (Phi) is 19.6. The summed E-state index contributed by atoms with van der Waals surface area (Å²) in [6.07, 6.45) is -2.81. The molecule has 22 nitrogen and oxygen atoms in total. The number of nitrogens with two attached hydrogens (primary N) is 2. The van der Waals surface area contributed by atoms with E-state index in [0.717, 1.165) is 4.90 Å². The lowest BCUT2D eigenvalue weighted by molar-refractivity contribution is -0.150. The smallest absolute Gasteiger partial charge is 0.329 e. The highest BCUT2D eigenvalue weighted by Crippen LogP contribution is 2.39. The highest BCUT2D eigenvalue weighted by Gasteiger charge is 2.40. The molecule has 1 aliphatic heterocycles. The van der Waals surface area contributed by atoms with E-state index in [1.807, 2.05) is 0 Å². The van der Waals surface area contributed by atoms with E-state index in [2.05, 4.69) is 21.3 Å². The molecule has 0 saturated carbocycles. The molecule has 0 bridgehead atoms. The monoisotopic (exact) mass is 855 g/mol. The lowest BCUT2D eigenvalue weighted by Crippen LogP contribution is -2.60. The van der Waals surface area contributed by atoms with Crippen LogP contribution in [-0.4, -0.2) is 126 Å². The van der Waals surface area contributed by atoms with Crippen molar-refractivity contribution in [2.45, 2.75) is 120 Å². The maximum atomic E-state index is 13.8. The van der Waals surface area contributed by atoms with Crippen LogP contribution >= 0.6 is 7.60 Å². The first-order valence-electron chi connectivity index (χ1n) is 18.9. The summed E-state index contributed by atoms with van der Waals surface area (Å²) in [5, 5.41) is 38.1. The van der Waals surface area contributed by atoms with E-state index in [0.29, 0.717) is 18.4 Å². The van der Waals surface area contributed by atoms with Crippen LogP contribution in [0.3, 0.4) is 0 Å². The average Bonchev–Trinajstić information content (AvgIpc) is 3.65. The second kappa shape index (κ2) is 23.2. The number of likely N-dealkylation sites (tertiary alicyclic amines) is 1. The van der Waals surface area contributed by atoms with E-state index in [4.69, 9.17) is 11.5 Å². The molecule has 2 rings (SSSR count). The molecule has 1 fully saturated rings. The van der Waals surface area contributed by atoms with E-state index >= 15 is 0 Å². The van der Waals surface area contributed by atoms with Gasteiger partial charge in [0, 0.05) is 32.2 Å². The van der Waals surface area contributed by atoms with Gasteiger partial charge in [-0.25, -0.2) is 4.79 Å². The molecule has 23 heteroatoms. The fourth-order valence-corrected chi connectivity index (χ4v) is 6.88. The first-order chi connectivity index (χ1) is 27.5. The minimum atomic E-state index is -4.42. The van der Waals surface area contributed by atoms with Gasteiger partial charge in [-0.2, -0.15) is 0 Å². The second-order valence-electron chi connectivity index (χ2n) is 14.4. The predicted octanol–water partition coefficient (Wildman–Crippen LogP) is -1.71. The van der Waals surface area contributed by atoms with Gasteiger partial charge in [0.25, 0.3) is 0 Å². The third-order valence-electron chi connectivity index (χ3n) is 9.68. The summed E-state index contributed by atoms with van der Waals surface area (Å²) >= 11 is 0. The van der Waals surface area contributed by atoms with Gasteiger partial charge in [0.1, 0.15) is 30.2 Å². The van der Waals surface area contributed by atoms with Gasteiger partial charge in [-0.05, 0) is 49.1 Å². The predicted molar refractivity (Wildman–Crippen MR) is 206 cm³/mol. The minimum Gasteiger partial charge on any atom is -0.481 e. The molecule has 1 aliphatic rings. The van der Waals surface area contributed by atoms with Crippen LogP contribution in [0.2, 0.25) is 0 Å². The van der Waals surface area contributed by atoms with Crippen molar-refractivity contribution < 1.29 is 72.8 Å². The quantitative estimate of drug-likeness (QED) is 0.0488. The van der Waals surface area contributed by atoms with Gasteiger partial charge >= 0.3 is 25.5 Å². The number of carbonyl (C=O) groups excluding carboxylic acids is 6. The molecule has 1 saturated heterocycles. The number of rotatable bonds is 25. The molecule has 1 heterocycles. The highest BCUT2D eigenvalue weighted by molar-refractivity contribution is 7.50. The molecule has 0 radical (unpaired) electrons. The van der Waals surface area contributed by atoms with Crippen LogP contribution in [0.15, 0.2) is 24.3 Å². The van der Waals surface area contributed by atoms with Gasteiger partial charge < -0.3 is 62.7 Å². The van der Waals surface area contributed by atoms with Gasteiger partial charge in [0.05, 0.1) is 12.2 Å². The molecule has 1 aromatic rings. The zero-order chi connectivity index (χ0) is 44.6. The maximum absolute atomic E-state index is 13.8. The number of amides is 6. The first-order valence-corrected chi connectivity index (χ1v) is 20.7. The number of carboxylic acid groups (broad SMARTS) is 3. The summed E-state index contributed by atoms with van der Waals surface area (Å²) in [5.41, 5.74) is 11.7. The standard InChI is InChI=1S/C36H54N7O15P/c1-3-19(2)30(35(53)43-16-4-5-26(43)36(54)55)42-33(51)24(12-15-29(47)48)39-32(50)23(11-14-28(45)46)40-34(52)25(41-31(49)22(37)10-13-27(38)44)17-20-6-8-21(9-7-20)18-59(56,57)58/h6-9,19,22-26,30H,3-5,10-18,37H2,1-2H3,(H2,38,44)(H,39,50)(H,40,52)(H,41,49)(H,42,51)(H,45,46)(H,47,48)(H,54,55)(H2,56,57,58)/t19-,22-,23-,24-,25-,26-,30-/m0/s1. The molecular weight excluding hydrogens is 801 g/mol. The normalized spacial score (nSPS) is 17.0. The largest absolute Gasteiger partial charge is 0.481 e. The number of nitrogens with one attached hydrogen (secondary N) is 4. The van der Waals surface area contributed by atoms with Crippen LogP contribution in [0.25, 0.3) is 0 Å². The van der Waals surface area contributed by atoms with Crippen molar-refractivity contribution in [3.05, 3.63) is 35.4 Å². The van der Waals surface area contributed by atoms with Crippen molar-refractivity contribution in [3.63, 3.8) is 0 Å². The molecule has 7 atom stereocenters. The molecule has 328 valence electrons. The number of benzene rings is 1. The molecule has 0 spiro atoms. The van der Waals surface area contributed by atoms with E-state index in [-0.39, 0.29) is 37.8 Å². The van der Waals surface area contributed by atoms with E-state index < -0.39 is 135 Å². The van der Waals surface area contributed by atoms with Gasteiger partial charge in [0.2, 0.25) is 35.4 Å². The Morgan fingerprint density at radius 3 is 1.73 bits per heavy atom. The van der Waals surface area contributed by atoms with Crippen LogP contribution in [0.4, 0.5) is 0 Å². The Hall–Kier alpha value is -5.44. The number of aliphatic carboxylic acids is 3. The summed E-state index contributed by atoms with van der Waals surface area (Å²) in [6, 6.07) is -3.00. The zero-order valence-corrected chi connectivity index (χ0v) is 33.6. The Morgan fingerprint density at radius 1 is 0.763 bits per heavy atom. The lowest BCUT2D eigenvalue weighted by atomic mass is 9.96.